The maximum Gasteiger partial charge on any atom is 0.0810 e. The Morgan fingerprint density at radius 2 is 1.90 bits per heavy atom. The van der Waals surface area contributed by atoms with Crippen LogP contribution in [0.15, 0.2) is 0 Å². The standard InChI is InChI=1S/C9H18O/c1-2-3-4-5-6-7-9-8-10-9/h9H,2-8H2,1H3. The van der Waals surface area contributed by atoms with Gasteiger partial charge in [0.2, 0.25) is 0 Å². The summed E-state index contributed by atoms with van der Waals surface area (Å²) in [7, 11) is 0. The molecule has 0 aromatic rings. The van der Waals surface area contributed by atoms with Gasteiger partial charge in [0.25, 0.3) is 0 Å². The van der Waals surface area contributed by atoms with Crippen LogP contribution >= 0.6 is 0 Å². The van der Waals surface area contributed by atoms with Crippen LogP contribution in [0.2, 0.25) is 0 Å². The van der Waals surface area contributed by atoms with Gasteiger partial charge < -0.3 is 4.74 Å². The lowest BCUT2D eigenvalue weighted by atomic mass is 10.1. The molecule has 0 aromatic carbocycles. The van der Waals surface area contributed by atoms with Crippen LogP contribution < -0.4 is 0 Å². The highest BCUT2D eigenvalue weighted by atomic mass is 16.6. The average Bonchev–Trinajstić information content (AvgIpc) is 2.71. The average molecular weight is 142 g/mol. The fourth-order valence-electron chi connectivity index (χ4n) is 1.21. The fraction of sp³-hybridized carbons (Fsp3) is 1.00. The van der Waals surface area contributed by atoms with Gasteiger partial charge in [-0.05, 0) is 6.42 Å². The minimum Gasteiger partial charge on any atom is -0.373 e. The van der Waals surface area contributed by atoms with Gasteiger partial charge in [-0.1, -0.05) is 39.0 Å². The second kappa shape index (κ2) is 4.73. The molecule has 1 unspecified atom stereocenters. The first-order valence-electron chi connectivity index (χ1n) is 4.55. The molecule has 0 amide bonds. The summed E-state index contributed by atoms with van der Waals surface area (Å²) >= 11 is 0. The van der Waals surface area contributed by atoms with Crippen molar-refractivity contribution in [2.24, 2.45) is 0 Å². The van der Waals surface area contributed by atoms with Crippen LogP contribution in [0.5, 0.6) is 0 Å². The molecule has 1 rings (SSSR count). The zero-order valence-electron chi connectivity index (χ0n) is 6.94. The molecule has 0 aliphatic carbocycles. The highest BCUT2D eigenvalue weighted by molar-refractivity contribution is 4.67. The molecule has 10 heavy (non-hydrogen) atoms. The SMILES string of the molecule is CCCCCCCC1CO1. The van der Waals surface area contributed by atoms with E-state index in [2.05, 4.69) is 6.92 Å². The van der Waals surface area contributed by atoms with Crippen molar-refractivity contribution in [1.82, 2.24) is 0 Å². The van der Waals surface area contributed by atoms with Gasteiger partial charge in [-0.15, -0.1) is 0 Å². The molecule has 1 heteroatoms. The Morgan fingerprint density at radius 3 is 2.50 bits per heavy atom. The molecule has 0 aromatic heterocycles. The Morgan fingerprint density at radius 1 is 1.20 bits per heavy atom. The van der Waals surface area contributed by atoms with Crippen LogP contribution in [0.1, 0.15) is 45.4 Å². The van der Waals surface area contributed by atoms with Crippen LogP contribution in [0, 0.1) is 0 Å². The van der Waals surface area contributed by atoms with Crippen molar-refractivity contribution < 1.29 is 4.74 Å². The zero-order valence-corrected chi connectivity index (χ0v) is 6.94. The van der Waals surface area contributed by atoms with Crippen molar-refractivity contribution in [3.63, 3.8) is 0 Å². The van der Waals surface area contributed by atoms with E-state index in [1.807, 2.05) is 0 Å². The van der Waals surface area contributed by atoms with Crippen molar-refractivity contribution in [2.45, 2.75) is 51.6 Å². The number of epoxide rings is 1. The number of unbranched alkanes of at least 4 members (excludes halogenated alkanes) is 4. The van der Waals surface area contributed by atoms with E-state index >= 15 is 0 Å². The summed E-state index contributed by atoms with van der Waals surface area (Å²) < 4.78 is 5.12. The van der Waals surface area contributed by atoms with Crippen LogP contribution in [0.4, 0.5) is 0 Å². The first-order valence-corrected chi connectivity index (χ1v) is 4.55. The molecule has 1 fully saturated rings. The van der Waals surface area contributed by atoms with Crippen molar-refractivity contribution in [2.75, 3.05) is 6.61 Å². The van der Waals surface area contributed by atoms with E-state index in [-0.39, 0.29) is 0 Å². The summed E-state index contributed by atoms with van der Waals surface area (Å²) in [5.41, 5.74) is 0. The Hall–Kier alpha value is -0.0400. The molecule has 0 radical (unpaired) electrons. The van der Waals surface area contributed by atoms with Gasteiger partial charge in [0.1, 0.15) is 0 Å². The molecule has 0 bridgehead atoms. The zero-order chi connectivity index (χ0) is 7.23. The van der Waals surface area contributed by atoms with Gasteiger partial charge in [-0.2, -0.15) is 0 Å². The van der Waals surface area contributed by atoms with E-state index < -0.39 is 0 Å². The Labute approximate surface area is 63.8 Å². The smallest absolute Gasteiger partial charge is 0.0810 e. The van der Waals surface area contributed by atoms with Crippen molar-refractivity contribution in [1.29, 1.82) is 0 Å². The van der Waals surface area contributed by atoms with Crippen molar-refractivity contribution in [3.05, 3.63) is 0 Å². The van der Waals surface area contributed by atoms with Crippen LogP contribution in [0.25, 0.3) is 0 Å². The van der Waals surface area contributed by atoms with Gasteiger partial charge in [-0.3, -0.25) is 0 Å². The maximum atomic E-state index is 5.12. The molecule has 1 nitrogen and oxygen atoms in total. The minimum absolute atomic E-state index is 0.654. The topological polar surface area (TPSA) is 12.5 Å². The third-order valence-electron chi connectivity index (χ3n) is 2.03. The lowest BCUT2D eigenvalue weighted by molar-refractivity contribution is 0.388. The van der Waals surface area contributed by atoms with Crippen LogP contribution in [0.3, 0.4) is 0 Å². The molecule has 1 aliphatic heterocycles. The normalized spacial score (nSPS) is 23.1. The molecular weight excluding hydrogens is 124 g/mol. The molecule has 0 N–H and O–H groups in total. The predicted octanol–water partition coefficient (Wildman–Crippen LogP) is 2.75. The van der Waals surface area contributed by atoms with E-state index in [4.69, 9.17) is 4.74 Å². The molecule has 0 spiro atoms. The summed E-state index contributed by atoms with van der Waals surface area (Å²) in [5, 5.41) is 0. The number of ether oxygens (including phenoxy) is 1. The van der Waals surface area contributed by atoms with E-state index in [0.717, 1.165) is 6.61 Å². The van der Waals surface area contributed by atoms with Gasteiger partial charge in [0.05, 0.1) is 12.7 Å². The van der Waals surface area contributed by atoms with Gasteiger partial charge in [0.15, 0.2) is 0 Å². The number of hydrogen-bond acceptors (Lipinski definition) is 1. The minimum atomic E-state index is 0.654. The fourth-order valence-corrected chi connectivity index (χ4v) is 1.21. The van der Waals surface area contributed by atoms with Gasteiger partial charge in [-0.25, -0.2) is 0 Å². The van der Waals surface area contributed by atoms with Crippen LogP contribution in [-0.2, 0) is 4.74 Å². The highest BCUT2D eigenvalue weighted by Gasteiger charge is 2.20. The van der Waals surface area contributed by atoms with Crippen molar-refractivity contribution in [3.8, 4) is 0 Å². The molecule has 1 atom stereocenters. The molecule has 1 heterocycles. The third kappa shape index (κ3) is 3.89. The number of hydrogen-bond donors (Lipinski definition) is 0. The maximum absolute atomic E-state index is 5.12. The molecule has 0 saturated carbocycles. The molecule has 60 valence electrons. The third-order valence-corrected chi connectivity index (χ3v) is 2.03. The van der Waals surface area contributed by atoms with Gasteiger partial charge >= 0.3 is 0 Å². The van der Waals surface area contributed by atoms with E-state index in [1.165, 1.54) is 38.5 Å². The summed E-state index contributed by atoms with van der Waals surface area (Å²) in [5.74, 6) is 0. The summed E-state index contributed by atoms with van der Waals surface area (Å²) in [4.78, 5) is 0. The Bertz CT molecular complexity index is 76.8. The van der Waals surface area contributed by atoms with E-state index in [1.54, 1.807) is 0 Å². The second-order valence-corrected chi connectivity index (χ2v) is 3.16. The van der Waals surface area contributed by atoms with E-state index in [0.29, 0.717) is 6.10 Å². The Balaban J connectivity index is 1.68. The monoisotopic (exact) mass is 142 g/mol. The second-order valence-electron chi connectivity index (χ2n) is 3.16. The number of rotatable bonds is 6. The molecule has 1 saturated heterocycles. The quantitative estimate of drug-likeness (QED) is 0.410. The first-order chi connectivity index (χ1) is 4.93. The van der Waals surface area contributed by atoms with Gasteiger partial charge in [0, 0.05) is 0 Å². The largest absolute Gasteiger partial charge is 0.373 e. The lowest BCUT2D eigenvalue weighted by Gasteiger charge is -1.96. The summed E-state index contributed by atoms with van der Waals surface area (Å²) in [6.07, 6.45) is 8.93. The molecule has 1 aliphatic rings. The lowest BCUT2D eigenvalue weighted by Crippen LogP contribution is -1.84. The first kappa shape index (κ1) is 8.06. The highest BCUT2D eigenvalue weighted by Crippen LogP contribution is 2.17. The van der Waals surface area contributed by atoms with E-state index in [9.17, 15) is 0 Å². The summed E-state index contributed by atoms with van der Waals surface area (Å²) in [6, 6.07) is 0. The Kier molecular flexibility index (Phi) is 3.81. The predicted molar refractivity (Wildman–Crippen MR) is 43.1 cm³/mol. The molecular formula is C9H18O. The van der Waals surface area contributed by atoms with Crippen LogP contribution in [-0.4, -0.2) is 12.7 Å². The van der Waals surface area contributed by atoms with Crippen molar-refractivity contribution >= 4 is 0 Å². The summed E-state index contributed by atoms with van der Waals surface area (Å²) in [6.45, 7) is 3.29.